The predicted octanol–water partition coefficient (Wildman–Crippen LogP) is 2.59. The summed E-state index contributed by atoms with van der Waals surface area (Å²) >= 11 is 0. The molecule has 0 aliphatic rings. The SMILES string of the molecule is NNc1c(F)c(F)c(-c2cccnc2)c(F)c1F. The van der Waals surface area contributed by atoms with Crippen molar-refractivity contribution in [1.29, 1.82) is 0 Å². The number of rotatable bonds is 2. The zero-order valence-corrected chi connectivity index (χ0v) is 8.85. The highest BCUT2D eigenvalue weighted by atomic mass is 19.2. The van der Waals surface area contributed by atoms with E-state index in [2.05, 4.69) is 4.98 Å². The summed E-state index contributed by atoms with van der Waals surface area (Å²) in [5.41, 5.74) is -0.377. The van der Waals surface area contributed by atoms with Crippen LogP contribution in [0.3, 0.4) is 0 Å². The molecule has 0 radical (unpaired) electrons. The van der Waals surface area contributed by atoms with Crippen molar-refractivity contribution in [3.05, 3.63) is 47.8 Å². The maximum atomic E-state index is 13.7. The van der Waals surface area contributed by atoms with E-state index in [0.29, 0.717) is 0 Å². The minimum absolute atomic E-state index is 0.0751. The maximum Gasteiger partial charge on any atom is 0.187 e. The van der Waals surface area contributed by atoms with Gasteiger partial charge in [0.1, 0.15) is 5.69 Å². The number of halogens is 4. The lowest BCUT2D eigenvalue weighted by Gasteiger charge is -2.11. The van der Waals surface area contributed by atoms with E-state index < -0.39 is 34.5 Å². The van der Waals surface area contributed by atoms with Gasteiger partial charge in [0.05, 0.1) is 5.56 Å². The van der Waals surface area contributed by atoms with Gasteiger partial charge in [0.25, 0.3) is 0 Å². The van der Waals surface area contributed by atoms with Gasteiger partial charge in [0.15, 0.2) is 23.3 Å². The molecule has 1 aromatic heterocycles. The lowest BCUT2D eigenvalue weighted by molar-refractivity contribution is 0.463. The molecule has 0 atom stereocenters. The van der Waals surface area contributed by atoms with E-state index in [0.717, 1.165) is 6.20 Å². The van der Waals surface area contributed by atoms with Gasteiger partial charge >= 0.3 is 0 Å². The van der Waals surface area contributed by atoms with Crippen LogP contribution in [-0.4, -0.2) is 4.98 Å². The highest BCUT2D eigenvalue weighted by Gasteiger charge is 2.25. The lowest BCUT2D eigenvalue weighted by atomic mass is 10.0. The molecule has 1 heterocycles. The van der Waals surface area contributed by atoms with Gasteiger partial charge in [0, 0.05) is 18.0 Å². The van der Waals surface area contributed by atoms with Gasteiger partial charge in [-0.2, -0.15) is 0 Å². The molecule has 2 aromatic rings. The summed E-state index contributed by atoms with van der Waals surface area (Å²) in [6, 6.07) is 2.67. The molecule has 0 aliphatic carbocycles. The fourth-order valence-corrected chi connectivity index (χ4v) is 1.52. The van der Waals surface area contributed by atoms with Crippen molar-refractivity contribution in [2.24, 2.45) is 5.84 Å². The van der Waals surface area contributed by atoms with Gasteiger partial charge in [-0.15, -0.1) is 0 Å². The quantitative estimate of drug-likeness (QED) is 0.376. The third-order valence-corrected chi connectivity index (χ3v) is 2.36. The highest BCUT2D eigenvalue weighted by molar-refractivity contribution is 5.67. The minimum Gasteiger partial charge on any atom is -0.319 e. The molecule has 0 amide bonds. The van der Waals surface area contributed by atoms with Crippen LogP contribution in [0.4, 0.5) is 23.2 Å². The Bertz CT molecular complexity index is 558. The van der Waals surface area contributed by atoms with Gasteiger partial charge in [-0.05, 0) is 6.07 Å². The molecule has 0 fully saturated rings. The maximum absolute atomic E-state index is 13.7. The van der Waals surface area contributed by atoms with Crippen LogP contribution in [-0.2, 0) is 0 Å². The van der Waals surface area contributed by atoms with E-state index in [9.17, 15) is 17.6 Å². The van der Waals surface area contributed by atoms with Crippen molar-refractivity contribution in [3.63, 3.8) is 0 Å². The average molecular weight is 257 g/mol. The number of nitrogen functional groups attached to an aromatic ring is 1. The van der Waals surface area contributed by atoms with Crippen LogP contribution >= 0.6 is 0 Å². The molecular formula is C11H7F4N3. The van der Waals surface area contributed by atoms with Crippen LogP contribution in [0.2, 0.25) is 0 Å². The molecule has 2 rings (SSSR count). The summed E-state index contributed by atoms with van der Waals surface area (Å²) in [4.78, 5) is 3.63. The molecule has 3 N–H and O–H groups in total. The minimum atomic E-state index is -1.59. The Morgan fingerprint density at radius 2 is 1.61 bits per heavy atom. The molecule has 0 saturated heterocycles. The molecule has 0 aliphatic heterocycles. The van der Waals surface area contributed by atoms with Gasteiger partial charge < -0.3 is 5.43 Å². The van der Waals surface area contributed by atoms with Crippen molar-refractivity contribution in [3.8, 4) is 11.1 Å². The molecular weight excluding hydrogens is 250 g/mol. The first-order chi connectivity index (χ1) is 8.57. The smallest absolute Gasteiger partial charge is 0.187 e. The molecule has 0 unspecified atom stereocenters. The topological polar surface area (TPSA) is 50.9 Å². The van der Waals surface area contributed by atoms with E-state index in [1.54, 1.807) is 5.43 Å². The molecule has 1 aromatic carbocycles. The first-order valence-corrected chi connectivity index (χ1v) is 4.81. The number of nitrogens with two attached hydrogens (primary N) is 1. The Morgan fingerprint density at radius 1 is 1.00 bits per heavy atom. The second-order valence-corrected chi connectivity index (χ2v) is 3.39. The summed E-state index contributed by atoms with van der Waals surface area (Å²) in [5.74, 6) is -1.44. The number of nitrogens with one attached hydrogen (secondary N) is 1. The Kier molecular flexibility index (Phi) is 3.15. The fourth-order valence-electron chi connectivity index (χ4n) is 1.52. The van der Waals surface area contributed by atoms with Crippen molar-refractivity contribution in [1.82, 2.24) is 4.98 Å². The van der Waals surface area contributed by atoms with E-state index in [1.165, 1.54) is 18.3 Å². The Morgan fingerprint density at radius 3 is 2.06 bits per heavy atom. The highest BCUT2D eigenvalue weighted by Crippen LogP contribution is 2.33. The van der Waals surface area contributed by atoms with Gasteiger partial charge in [-0.3, -0.25) is 10.8 Å². The zero-order valence-electron chi connectivity index (χ0n) is 8.85. The number of aromatic nitrogens is 1. The third kappa shape index (κ3) is 1.78. The molecule has 7 heteroatoms. The lowest BCUT2D eigenvalue weighted by Crippen LogP contribution is -2.14. The normalized spacial score (nSPS) is 10.5. The number of hydrazine groups is 1. The third-order valence-electron chi connectivity index (χ3n) is 2.36. The van der Waals surface area contributed by atoms with E-state index in [1.807, 2.05) is 0 Å². The van der Waals surface area contributed by atoms with Crippen LogP contribution < -0.4 is 11.3 Å². The molecule has 0 saturated carbocycles. The van der Waals surface area contributed by atoms with Crippen LogP contribution in [0.25, 0.3) is 11.1 Å². The summed E-state index contributed by atoms with van der Waals surface area (Å²) in [7, 11) is 0. The Hall–Kier alpha value is -2.15. The number of hydrogen-bond donors (Lipinski definition) is 2. The molecule has 18 heavy (non-hydrogen) atoms. The number of hydrogen-bond acceptors (Lipinski definition) is 3. The van der Waals surface area contributed by atoms with E-state index in [-0.39, 0.29) is 5.56 Å². The number of pyridine rings is 1. The van der Waals surface area contributed by atoms with Crippen LogP contribution in [0.15, 0.2) is 24.5 Å². The summed E-state index contributed by atoms with van der Waals surface area (Å²) < 4.78 is 54.2. The number of benzene rings is 1. The first-order valence-electron chi connectivity index (χ1n) is 4.81. The molecule has 0 spiro atoms. The standard InChI is InChI=1S/C11H7F4N3/c12-7-6(5-2-1-3-17-4-5)8(13)10(15)11(18-16)9(7)14/h1-4,18H,16H2. The molecule has 94 valence electrons. The van der Waals surface area contributed by atoms with Gasteiger partial charge in [0.2, 0.25) is 0 Å². The average Bonchev–Trinajstić information content (AvgIpc) is 2.39. The van der Waals surface area contributed by atoms with E-state index in [4.69, 9.17) is 5.84 Å². The van der Waals surface area contributed by atoms with Gasteiger partial charge in [-0.25, -0.2) is 17.6 Å². The van der Waals surface area contributed by atoms with Crippen molar-refractivity contribution in [2.75, 3.05) is 5.43 Å². The predicted molar refractivity (Wildman–Crippen MR) is 57.3 cm³/mol. The Labute approximate surface area is 99.2 Å². The fraction of sp³-hybridized carbons (Fsp3) is 0. The summed E-state index contributed by atoms with van der Waals surface area (Å²) in [6.45, 7) is 0. The van der Waals surface area contributed by atoms with Crippen molar-refractivity contribution < 1.29 is 17.6 Å². The van der Waals surface area contributed by atoms with E-state index >= 15 is 0 Å². The monoisotopic (exact) mass is 257 g/mol. The Balaban J connectivity index is 2.78. The second kappa shape index (κ2) is 4.61. The molecule has 3 nitrogen and oxygen atoms in total. The summed E-state index contributed by atoms with van der Waals surface area (Å²) in [6.07, 6.45) is 2.46. The van der Waals surface area contributed by atoms with Crippen molar-refractivity contribution >= 4 is 5.69 Å². The number of anilines is 1. The van der Waals surface area contributed by atoms with Gasteiger partial charge in [-0.1, -0.05) is 6.07 Å². The molecule has 0 bridgehead atoms. The zero-order chi connectivity index (χ0) is 13.3. The second-order valence-electron chi connectivity index (χ2n) is 3.39. The van der Waals surface area contributed by atoms with Crippen LogP contribution in [0.1, 0.15) is 0 Å². The van der Waals surface area contributed by atoms with Crippen LogP contribution in [0, 0.1) is 23.3 Å². The first kappa shape index (κ1) is 12.3. The summed E-state index contributed by atoms with van der Waals surface area (Å²) in [5, 5.41) is 0. The largest absolute Gasteiger partial charge is 0.319 e. The van der Waals surface area contributed by atoms with Crippen molar-refractivity contribution in [2.45, 2.75) is 0 Å². The van der Waals surface area contributed by atoms with Crippen LogP contribution in [0.5, 0.6) is 0 Å². The number of nitrogens with zero attached hydrogens (tertiary/aromatic N) is 1.